The summed E-state index contributed by atoms with van der Waals surface area (Å²) in [5.74, 6) is 3.15. The van der Waals surface area contributed by atoms with Crippen molar-refractivity contribution in [3.05, 3.63) is 175 Å². The third kappa shape index (κ3) is 3.53. The third-order valence-corrected chi connectivity index (χ3v) is 20.0. The van der Waals surface area contributed by atoms with Gasteiger partial charge in [-0.15, -0.1) is 0 Å². The molecule has 7 aliphatic rings. The maximum atomic E-state index is 2.69. The zero-order valence-corrected chi connectivity index (χ0v) is 31.4. The molecule has 4 fully saturated rings. The Morgan fingerprint density at radius 1 is 0.426 bits per heavy atom. The molecule has 3 heterocycles. The molecule has 4 bridgehead atoms. The van der Waals surface area contributed by atoms with E-state index in [0.29, 0.717) is 11.8 Å². The van der Waals surface area contributed by atoms with Gasteiger partial charge in [0.15, 0.2) is 8.07 Å². The van der Waals surface area contributed by atoms with Crippen LogP contribution in [-0.4, -0.2) is 8.07 Å². The summed E-state index contributed by atoms with van der Waals surface area (Å²) in [4.78, 5) is 2.69. The second-order valence-electron chi connectivity index (χ2n) is 17.2. The molecule has 0 aromatic heterocycles. The largest absolute Gasteiger partial charge is 0.310 e. The Labute approximate surface area is 319 Å². The molecule has 14 rings (SSSR count). The highest BCUT2D eigenvalue weighted by Gasteiger charge is 2.62. The lowest BCUT2D eigenvalue weighted by Crippen LogP contribution is -2.70. The van der Waals surface area contributed by atoms with Crippen LogP contribution in [0.5, 0.6) is 0 Å². The molecule has 258 valence electrons. The molecule has 7 aromatic rings. The van der Waals surface area contributed by atoms with E-state index in [1.807, 2.05) is 0 Å². The summed E-state index contributed by atoms with van der Waals surface area (Å²) in [7, 11) is -2.58. The minimum atomic E-state index is -2.58. The highest BCUT2D eigenvalue weighted by molar-refractivity contribution is 7.24. The van der Waals surface area contributed by atoms with Gasteiger partial charge in [-0.3, -0.25) is 0 Å². The van der Waals surface area contributed by atoms with E-state index in [1.54, 1.807) is 11.1 Å². The number of fused-ring (bicyclic) bond motifs is 12. The molecular weight excluding hydrogens is 667 g/mol. The molecule has 0 radical (unpaired) electrons. The Morgan fingerprint density at radius 2 is 0.944 bits per heavy atom. The molecule has 3 aliphatic heterocycles. The fourth-order valence-electron chi connectivity index (χ4n) is 13.6. The van der Waals surface area contributed by atoms with E-state index in [0.717, 1.165) is 11.8 Å². The van der Waals surface area contributed by atoms with Crippen molar-refractivity contribution >= 4 is 45.9 Å². The topological polar surface area (TPSA) is 3.24 Å². The standard InChI is InChI=1S/C52H41NSi/c1-2-13-35(14-3-1)39-18-12-21-46-51(39)52(36-28-33-27-34(30-36)31-37(52)29-33)44-19-7-8-20-45(44)53(46)38-25-26-43-42-17-6-11-24-49(42)54(50(43)32-38)47-22-9-4-15-40(47)41-16-5-10-23-48(41)54/h1-26,32-34,36-37H,27-31H2. The van der Waals surface area contributed by atoms with Gasteiger partial charge in [0.05, 0.1) is 11.4 Å². The van der Waals surface area contributed by atoms with Gasteiger partial charge < -0.3 is 4.90 Å². The molecule has 0 saturated heterocycles. The quantitative estimate of drug-likeness (QED) is 0.162. The molecule has 4 saturated carbocycles. The molecule has 0 unspecified atom stereocenters. The smallest absolute Gasteiger partial charge is 0.182 e. The third-order valence-electron chi connectivity index (χ3n) is 15.0. The molecule has 4 aliphatic carbocycles. The molecular formula is C52H41NSi. The molecule has 1 nitrogen and oxygen atoms in total. The molecule has 2 heteroatoms. The van der Waals surface area contributed by atoms with E-state index in [2.05, 4.69) is 169 Å². The van der Waals surface area contributed by atoms with Gasteiger partial charge in [-0.05, 0) is 145 Å². The predicted octanol–water partition coefficient (Wildman–Crippen LogP) is 10.2. The van der Waals surface area contributed by atoms with Crippen molar-refractivity contribution in [2.45, 2.75) is 37.5 Å². The number of hydrogen-bond donors (Lipinski definition) is 0. The van der Waals surface area contributed by atoms with Crippen LogP contribution >= 0.6 is 0 Å². The number of anilines is 3. The first kappa shape index (κ1) is 29.9. The average Bonchev–Trinajstić information content (AvgIpc) is 3.69. The zero-order valence-electron chi connectivity index (χ0n) is 30.4. The van der Waals surface area contributed by atoms with E-state index in [4.69, 9.17) is 0 Å². The van der Waals surface area contributed by atoms with Crippen molar-refractivity contribution in [1.82, 2.24) is 0 Å². The van der Waals surface area contributed by atoms with E-state index in [9.17, 15) is 0 Å². The highest BCUT2D eigenvalue weighted by Crippen LogP contribution is 2.70. The second kappa shape index (κ2) is 10.6. The van der Waals surface area contributed by atoms with Gasteiger partial charge in [0.1, 0.15) is 0 Å². The van der Waals surface area contributed by atoms with E-state index in [-0.39, 0.29) is 5.41 Å². The number of benzene rings is 7. The fraction of sp³-hybridized carbons (Fsp3) is 0.192. The fourth-order valence-corrected chi connectivity index (χ4v) is 19.2. The average molecular weight is 708 g/mol. The first-order valence-corrected chi connectivity index (χ1v) is 22.3. The maximum absolute atomic E-state index is 2.69. The van der Waals surface area contributed by atoms with Crippen molar-refractivity contribution in [2.75, 3.05) is 4.90 Å². The summed E-state index contributed by atoms with van der Waals surface area (Å²) < 4.78 is 0. The van der Waals surface area contributed by atoms with Crippen LogP contribution in [0.25, 0.3) is 33.4 Å². The minimum absolute atomic E-state index is 0.0224. The van der Waals surface area contributed by atoms with Crippen molar-refractivity contribution in [2.24, 2.45) is 23.7 Å². The Hall–Kier alpha value is -5.44. The van der Waals surface area contributed by atoms with Crippen LogP contribution in [0.4, 0.5) is 17.1 Å². The van der Waals surface area contributed by atoms with Crippen LogP contribution in [0.1, 0.15) is 43.2 Å². The van der Waals surface area contributed by atoms with Crippen LogP contribution in [0.2, 0.25) is 0 Å². The minimum Gasteiger partial charge on any atom is -0.310 e. The van der Waals surface area contributed by atoms with Gasteiger partial charge in [0.2, 0.25) is 0 Å². The summed E-state index contributed by atoms with van der Waals surface area (Å²) in [6.07, 6.45) is 6.93. The van der Waals surface area contributed by atoms with Crippen molar-refractivity contribution < 1.29 is 0 Å². The molecule has 2 spiro atoms. The van der Waals surface area contributed by atoms with E-state index in [1.165, 1.54) is 103 Å². The Kier molecular flexibility index (Phi) is 5.89. The van der Waals surface area contributed by atoms with Gasteiger partial charge in [-0.25, -0.2) is 0 Å². The summed E-state index contributed by atoms with van der Waals surface area (Å²) >= 11 is 0. The van der Waals surface area contributed by atoms with Crippen LogP contribution in [0.3, 0.4) is 0 Å². The summed E-state index contributed by atoms with van der Waals surface area (Å²) in [5.41, 5.74) is 15.7. The lowest BCUT2D eigenvalue weighted by atomic mass is 9.41. The Balaban J connectivity index is 1.11. The van der Waals surface area contributed by atoms with Crippen molar-refractivity contribution in [1.29, 1.82) is 0 Å². The first-order chi connectivity index (χ1) is 26.8. The summed E-state index contributed by atoms with van der Waals surface area (Å²) in [6, 6.07) is 63.8. The van der Waals surface area contributed by atoms with Gasteiger partial charge in [-0.2, -0.15) is 0 Å². The lowest BCUT2D eigenvalue weighted by Gasteiger charge is -2.64. The van der Waals surface area contributed by atoms with Gasteiger partial charge in [0.25, 0.3) is 0 Å². The van der Waals surface area contributed by atoms with E-state index < -0.39 is 8.07 Å². The SMILES string of the molecule is c1ccc(-c2cccc3c2C2(c4ccccc4N3c3ccc4c(c3)[Si]3(c5ccccc5-c5ccccc53)c3ccccc3-4)C3CC4CC(C3)CC2C4)cc1. The van der Waals surface area contributed by atoms with E-state index >= 15 is 0 Å². The van der Waals surface area contributed by atoms with Crippen LogP contribution in [0.15, 0.2) is 164 Å². The highest BCUT2D eigenvalue weighted by atomic mass is 28.3. The molecule has 0 amide bonds. The van der Waals surface area contributed by atoms with Gasteiger partial charge in [0, 0.05) is 11.1 Å². The van der Waals surface area contributed by atoms with Crippen LogP contribution in [0, 0.1) is 23.7 Å². The first-order valence-electron chi connectivity index (χ1n) is 20.3. The monoisotopic (exact) mass is 707 g/mol. The summed E-state index contributed by atoms with van der Waals surface area (Å²) in [6.45, 7) is 0. The molecule has 7 aromatic carbocycles. The molecule has 0 atom stereocenters. The van der Waals surface area contributed by atoms with Crippen LogP contribution < -0.4 is 25.6 Å². The van der Waals surface area contributed by atoms with Gasteiger partial charge in [-0.1, -0.05) is 140 Å². The van der Waals surface area contributed by atoms with Gasteiger partial charge >= 0.3 is 0 Å². The maximum Gasteiger partial charge on any atom is 0.182 e. The number of rotatable bonds is 2. The predicted molar refractivity (Wildman–Crippen MR) is 226 cm³/mol. The second-order valence-corrected chi connectivity index (χ2v) is 20.9. The zero-order chi connectivity index (χ0) is 35.2. The molecule has 54 heavy (non-hydrogen) atoms. The normalized spacial score (nSPS) is 25.2. The number of hydrogen-bond acceptors (Lipinski definition) is 1. The number of nitrogens with zero attached hydrogens (tertiary/aromatic N) is 1. The van der Waals surface area contributed by atoms with Crippen molar-refractivity contribution in [3.8, 4) is 33.4 Å². The Bertz CT molecular complexity index is 2620. The number of para-hydroxylation sites is 1. The van der Waals surface area contributed by atoms with Crippen LogP contribution in [-0.2, 0) is 5.41 Å². The lowest BCUT2D eigenvalue weighted by molar-refractivity contribution is -0.0417. The summed E-state index contributed by atoms with van der Waals surface area (Å²) in [5, 5.41) is 6.14. The Morgan fingerprint density at radius 3 is 1.59 bits per heavy atom. The van der Waals surface area contributed by atoms with Crippen molar-refractivity contribution in [3.63, 3.8) is 0 Å². The molecule has 0 N–H and O–H groups in total.